The van der Waals surface area contributed by atoms with E-state index in [2.05, 4.69) is 15.9 Å². The van der Waals surface area contributed by atoms with Crippen LogP contribution in [-0.4, -0.2) is 18.7 Å². The largest absolute Gasteiger partial charge is 0.454 e. The monoisotopic (exact) mass is 272 g/mol. The maximum absolute atomic E-state index is 5.59. The van der Waals surface area contributed by atoms with Crippen molar-refractivity contribution in [3.8, 4) is 11.5 Å². The molecule has 0 spiro atoms. The van der Waals surface area contributed by atoms with Crippen LogP contribution in [0, 0.1) is 0 Å². The molecule has 0 saturated carbocycles. The Bertz CT molecular complexity index is 341. The predicted molar refractivity (Wildman–Crippen MR) is 60.7 cm³/mol. The fourth-order valence-corrected chi connectivity index (χ4v) is 1.67. The second-order valence-corrected chi connectivity index (χ2v) is 4.11. The Kier molecular flexibility index (Phi) is 3.49. The first-order chi connectivity index (χ1) is 7.31. The lowest BCUT2D eigenvalue weighted by atomic mass is 10.1. The van der Waals surface area contributed by atoms with Gasteiger partial charge in [-0.2, -0.15) is 0 Å². The summed E-state index contributed by atoms with van der Waals surface area (Å²) in [5.74, 6) is 1.62. The van der Waals surface area contributed by atoms with Crippen molar-refractivity contribution in [1.29, 1.82) is 0 Å². The number of halogens is 1. The van der Waals surface area contributed by atoms with Gasteiger partial charge in [0.25, 0.3) is 0 Å². The van der Waals surface area contributed by atoms with Gasteiger partial charge in [-0.3, -0.25) is 0 Å². The third-order valence-corrected chi connectivity index (χ3v) is 2.63. The molecule has 1 aliphatic rings. The number of ether oxygens (including phenoxy) is 3. The Hall–Kier alpha value is -0.740. The summed E-state index contributed by atoms with van der Waals surface area (Å²) in [7, 11) is 0. The van der Waals surface area contributed by atoms with Crippen molar-refractivity contribution in [1.82, 2.24) is 0 Å². The topological polar surface area (TPSA) is 27.7 Å². The van der Waals surface area contributed by atoms with Gasteiger partial charge in [-0.05, 0) is 24.6 Å². The van der Waals surface area contributed by atoms with Crippen LogP contribution in [0.25, 0.3) is 0 Å². The summed E-state index contributed by atoms with van der Waals surface area (Å²) in [6.07, 6.45) is 0.0806. The van der Waals surface area contributed by atoms with Crippen molar-refractivity contribution in [3.05, 3.63) is 23.8 Å². The van der Waals surface area contributed by atoms with Crippen molar-refractivity contribution >= 4 is 15.9 Å². The van der Waals surface area contributed by atoms with Gasteiger partial charge in [-0.15, -0.1) is 0 Å². The van der Waals surface area contributed by atoms with Crippen LogP contribution < -0.4 is 9.47 Å². The highest BCUT2D eigenvalue weighted by molar-refractivity contribution is 9.09. The first-order valence-electron chi connectivity index (χ1n) is 4.88. The summed E-state index contributed by atoms with van der Waals surface area (Å²) >= 11 is 3.33. The molecule has 0 saturated heterocycles. The molecule has 1 heterocycles. The minimum Gasteiger partial charge on any atom is -0.454 e. The maximum atomic E-state index is 5.59. The first-order valence-corrected chi connectivity index (χ1v) is 6.00. The summed E-state index contributed by atoms with van der Waals surface area (Å²) in [5, 5.41) is 0.849. The van der Waals surface area contributed by atoms with Gasteiger partial charge < -0.3 is 14.2 Å². The van der Waals surface area contributed by atoms with E-state index in [0.717, 1.165) is 22.4 Å². The number of hydrogen-bond acceptors (Lipinski definition) is 3. The Balaban J connectivity index is 2.08. The average Bonchev–Trinajstić information content (AvgIpc) is 2.72. The van der Waals surface area contributed by atoms with E-state index < -0.39 is 0 Å². The van der Waals surface area contributed by atoms with Crippen LogP contribution in [0.15, 0.2) is 18.2 Å². The Morgan fingerprint density at radius 2 is 2.20 bits per heavy atom. The molecule has 1 aromatic carbocycles. The van der Waals surface area contributed by atoms with Gasteiger partial charge in [0.15, 0.2) is 11.5 Å². The molecule has 1 aromatic rings. The highest BCUT2D eigenvalue weighted by Gasteiger charge is 2.15. The molecule has 0 bridgehead atoms. The molecule has 82 valence electrons. The third kappa shape index (κ3) is 2.44. The summed E-state index contributed by atoms with van der Waals surface area (Å²) in [6, 6.07) is 5.90. The van der Waals surface area contributed by atoms with Gasteiger partial charge in [0.2, 0.25) is 6.79 Å². The summed E-state index contributed by atoms with van der Waals surface area (Å²) < 4.78 is 16.1. The minimum atomic E-state index is 0.0806. The van der Waals surface area contributed by atoms with Crippen LogP contribution in [0.5, 0.6) is 11.5 Å². The smallest absolute Gasteiger partial charge is 0.231 e. The highest BCUT2D eigenvalue weighted by atomic mass is 79.9. The van der Waals surface area contributed by atoms with Crippen molar-refractivity contribution in [3.63, 3.8) is 0 Å². The molecule has 3 nitrogen and oxygen atoms in total. The number of fused-ring (bicyclic) bond motifs is 1. The van der Waals surface area contributed by atoms with Gasteiger partial charge in [-0.1, -0.05) is 22.0 Å². The van der Waals surface area contributed by atoms with Crippen LogP contribution in [0.3, 0.4) is 0 Å². The quantitative estimate of drug-likeness (QED) is 0.789. The molecule has 1 atom stereocenters. The van der Waals surface area contributed by atoms with E-state index in [4.69, 9.17) is 14.2 Å². The van der Waals surface area contributed by atoms with Gasteiger partial charge >= 0.3 is 0 Å². The van der Waals surface area contributed by atoms with Crippen LogP contribution in [0.1, 0.15) is 18.6 Å². The van der Waals surface area contributed by atoms with Crippen molar-refractivity contribution < 1.29 is 14.2 Å². The molecule has 0 aliphatic carbocycles. The van der Waals surface area contributed by atoms with Crippen LogP contribution in [0.4, 0.5) is 0 Å². The van der Waals surface area contributed by atoms with E-state index in [-0.39, 0.29) is 6.10 Å². The molecule has 4 heteroatoms. The number of alkyl halides is 1. The number of benzene rings is 1. The number of rotatable bonds is 4. The van der Waals surface area contributed by atoms with Crippen LogP contribution >= 0.6 is 15.9 Å². The first kappa shape index (κ1) is 10.8. The van der Waals surface area contributed by atoms with Gasteiger partial charge in [-0.25, -0.2) is 0 Å². The highest BCUT2D eigenvalue weighted by Crippen LogP contribution is 2.34. The lowest BCUT2D eigenvalue weighted by Gasteiger charge is -2.12. The van der Waals surface area contributed by atoms with E-state index >= 15 is 0 Å². The molecule has 0 N–H and O–H groups in total. The zero-order valence-electron chi connectivity index (χ0n) is 8.53. The molecule has 0 fully saturated rings. The Morgan fingerprint density at radius 1 is 1.40 bits per heavy atom. The van der Waals surface area contributed by atoms with Gasteiger partial charge in [0.1, 0.15) is 0 Å². The Labute approximate surface area is 97.5 Å². The lowest BCUT2D eigenvalue weighted by molar-refractivity contribution is 0.0788. The van der Waals surface area contributed by atoms with Crippen LogP contribution in [0.2, 0.25) is 0 Å². The van der Waals surface area contributed by atoms with E-state index in [1.807, 2.05) is 25.1 Å². The molecule has 15 heavy (non-hydrogen) atoms. The summed E-state index contributed by atoms with van der Waals surface area (Å²) in [4.78, 5) is 0. The van der Waals surface area contributed by atoms with E-state index in [1.165, 1.54) is 0 Å². The maximum Gasteiger partial charge on any atom is 0.231 e. The summed E-state index contributed by atoms with van der Waals surface area (Å²) in [6.45, 7) is 3.05. The SMILES string of the molecule is CC(OCCBr)c1ccc2c(c1)OCO2. The van der Waals surface area contributed by atoms with E-state index in [0.29, 0.717) is 13.4 Å². The van der Waals surface area contributed by atoms with E-state index in [9.17, 15) is 0 Å². The van der Waals surface area contributed by atoms with Gasteiger partial charge in [0, 0.05) is 5.33 Å². The van der Waals surface area contributed by atoms with Crippen LogP contribution in [-0.2, 0) is 4.74 Å². The molecule has 0 amide bonds. The molecular weight excluding hydrogens is 260 g/mol. The second-order valence-electron chi connectivity index (χ2n) is 3.31. The molecule has 0 radical (unpaired) electrons. The van der Waals surface area contributed by atoms with Crippen molar-refractivity contribution in [2.75, 3.05) is 18.7 Å². The van der Waals surface area contributed by atoms with Gasteiger partial charge in [0.05, 0.1) is 12.7 Å². The molecular formula is C11H13BrO3. The zero-order chi connectivity index (χ0) is 10.7. The standard InChI is InChI=1S/C11H13BrO3/c1-8(13-5-4-12)9-2-3-10-11(6-9)15-7-14-10/h2-3,6,8H,4-5,7H2,1H3. The second kappa shape index (κ2) is 4.86. The molecule has 1 unspecified atom stereocenters. The third-order valence-electron chi connectivity index (χ3n) is 2.31. The Morgan fingerprint density at radius 3 is 3.00 bits per heavy atom. The number of hydrogen-bond donors (Lipinski definition) is 0. The molecule has 0 aromatic heterocycles. The molecule has 2 rings (SSSR count). The molecule has 1 aliphatic heterocycles. The predicted octanol–water partition coefficient (Wildman–Crippen LogP) is 2.89. The average molecular weight is 273 g/mol. The lowest BCUT2D eigenvalue weighted by Crippen LogP contribution is -2.02. The van der Waals surface area contributed by atoms with Crippen molar-refractivity contribution in [2.24, 2.45) is 0 Å². The summed E-state index contributed by atoms with van der Waals surface area (Å²) in [5.41, 5.74) is 1.11. The fraction of sp³-hybridized carbons (Fsp3) is 0.455. The fourth-order valence-electron chi connectivity index (χ4n) is 1.48. The normalized spacial score (nSPS) is 15.3. The zero-order valence-corrected chi connectivity index (χ0v) is 10.1. The van der Waals surface area contributed by atoms with E-state index in [1.54, 1.807) is 0 Å². The minimum absolute atomic E-state index is 0.0806. The van der Waals surface area contributed by atoms with Crippen molar-refractivity contribution in [2.45, 2.75) is 13.0 Å².